The van der Waals surface area contributed by atoms with E-state index in [1.54, 1.807) is 4.68 Å². The minimum absolute atomic E-state index is 0.218. The Bertz CT molecular complexity index is 405. The van der Waals surface area contributed by atoms with E-state index in [0.29, 0.717) is 6.54 Å². The van der Waals surface area contributed by atoms with Crippen LogP contribution < -0.4 is 5.32 Å². The lowest BCUT2D eigenvalue weighted by atomic mass is 10.2. The average Bonchev–Trinajstić information content (AvgIpc) is 2.56. The molecule has 0 saturated heterocycles. The van der Waals surface area contributed by atoms with Crippen LogP contribution in [-0.4, -0.2) is 27.9 Å². The van der Waals surface area contributed by atoms with Gasteiger partial charge in [-0.2, -0.15) is 5.10 Å². The lowest BCUT2D eigenvalue weighted by Crippen LogP contribution is -2.31. The van der Waals surface area contributed by atoms with Crippen molar-refractivity contribution in [3.63, 3.8) is 0 Å². The molecule has 0 atom stereocenters. The van der Waals surface area contributed by atoms with Gasteiger partial charge in [0.05, 0.1) is 12.2 Å². The highest BCUT2D eigenvalue weighted by Gasteiger charge is 2.15. The normalized spacial score (nSPS) is 11.6. The maximum absolute atomic E-state index is 11.5. The highest BCUT2D eigenvalue weighted by atomic mass is 16.6. The van der Waals surface area contributed by atoms with Crippen molar-refractivity contribution in [1.29, 1.82) is 0 Å². The molecule has 1 rings (SSSR count). The van der Waals surface area contributed by atoms with E-state index in [1.807, 2.05) is 34.0 Å². The third-order valence-corrected chi connectivity index (χ3v) is 2.33. The molecular formula is C13H23N3O2. The SMILES string of the molecule is CCc1nn(C)cc1CNCC(=O)OC(C)(C)C. The fraction of sp³-hybridized carbons (Fsp3) is 0.692. The first-order valence-corrected chi connectivity index (χ1v) is 6.25. The van der Waals surface area contributed by atoms with E-state index in [1.165, 1.54) is 0 Å². The Hall–Kier alpha value is -1.36. The summed E-state index contributed by atoms with van der Waals surface area (Å²) in [7, 11) is 1.90. The first-order chi connectivity index (χ1) is 8.31. The quantitative estimate of drug-likeness (QED) is 0.806. The predicted octanol–water partition coefficient (Wildman–Crippen LogP) is 1.41. The third kappa shape index (κ3) is 4.87. The Morgan fingerprint density at radius 2 is 2.17 bits per heavy atom. The van der Waals surface area contributed by atoms with Gasteiger partial charge in [-0.1, -0.05) is 6.92 Å². The number of ether oxygens (including phenoxy) is 1. The second-order valence-electron chi connectivity index (χ2n) is 5.32. The van der Waals surface area contributed by atoms with Crippen LogP contribution in [0.5, 0.6) is 0 Å². The van der Waals surface area contributed by atoms with Crippen LogP contribution in [0.15, 0.2) is 6.20 Å². The number of nitrogens with one attached hydrogen (secondary N) is 1. The van der Waals surface area contributed by atoms with Gasteiger partial charge in [0.25, 0.3) is 0 Å². The van der Waals surface area contributed by atoms with Gasteiger partial charge in [0.15, 0.2) is 0 Å². The smallest absolute Gasteiger partial charge is 0.320 e. The van der Waals surface area contributed by atoms with Gasteiger partial charge in [0.1, 0.15) is 5.60 Å². The van der Waals surface area contributed by atoms with Gasteiger partial charge < -0.3 is 10.1 Å². The largest absolute Gasteiger partial charge is 0.459 e. The monoisotopic (exact) mass is 253 g/mol. The maximum atomic E-state index is 11.5. The molecular weight excluding hydrogens is 230 g/mol. The van der Waals surface area contributed by atoms with Gasteiger partial charge in [-0.05, 0) is 27.2 Å². The molecule has 1 N–H and O–H groups in total. The number of aromatic nitrogens is 2. The van der Waals surface area contributed by atoms with Crippen molar-refractivity contribution in [1.82, 2.24) is 15.1 Å². The van der Waals surface area contributed by atoms with E-state index in [0.717, 1.165) is 17.7 Å². The second kappa shape index (κ2) is 6.00. The van der Waals surface area contributed by atoms with Crippen LogP contribution >= 0.6 is 0 Å². The molecule has 1 aromatic heterocycles. The number of rotatable bonds is 5. The molecule has 0 radical (unpaired) electrons. The van der Waals surface area contributed by atoms with Crippen molar-refractivity contribution < 1.29 is 9.53 Å². The zero-order chi connectivity index (χ0) is 13.8. The summed E-state index contributed by atoms with van der Waals surface area (Å²) in [6, 6.07) is 0. The third-order valence-electron chi connectivity index (χ3n) is 2.33. The van der Waals surface area contributed by atoms with Crippen molar-refractivity contribution in [2.45, 2.75) is 46.3 Å². The van der Waals surface area contributed by atoms with Crippen LogP contribution in [-0.2, 0) is 29.5 Å². The summed E-state index contributed by atoms with van der Waals surface area (Å²) in [6.07, 6.45) is 2.87. The van der Waals surface area contributed by atoms with Crippen LogP contribution in [0.25, 0.3) is 0 Å². The molecule has 18 heavy (non-hydrogen) atoms. The summed E-state index contributed by atoms with van der Waals surface area (Å²) in [5, 5.41) is 7.43. The molecule has 0 aliphatic carbocycles. The lowest BCUT2D eigenvalue weighted by Gasteiger charge is -2.19. The van der Waals surface area contributed by atoms with Crippen LogP contribution in [0.1, 0.15) is 39.0 Å². The minimum atomic E-state index is -0.429. The van der Waals surface area contributed by atoms with Crippen molar-refractivity contribution in [2.75, 3.05) is 6.54 Å². The van der Waals surface area contributed by atoms with Crippen LogP contribution in [0, 0.1) is 0 Å². The van der Waals surface area contributed by atoms with Gasteiger partial charge in [-0.3, -0.25) is 9.48 Å². The first-order valence-electron chi connectivity index (χ1n) is 6.25. The number of carbonyl (C=O) groups is 1. The average molecular weight is 253 g/mol. The number of hydrogen-bond donors (Lipinski definition) is 1. The molecule has 0 amide bonds. The fourth-order valence-electron chi connectivity index (χ4n) is 1.71. The van der Waals surface area contributed by atoms with Crippen molar-refractivity contribution in [2.24, 2.45) is 7.05 Å². The Balaban J connectivity index is 2.39. The minimum Gasteiger partial charge on any atom is -0.459 e. The first kappa shape index (κ1) is 14.7. The van der Waals surface area contributed by atoms with Gasteiger partial charge in [-0.15, -0.1) is 0 Å². The van der Waals surface area contributed by atoms with Crippen molar-refractivity contribution in [3.05, 3.63) is 17.5 Å². The van der Waals surface area contributed by atoms with Gasteiger partial charge in [0, 0.05) is 25.4 Å². The van der Waals surface area contributed by atoms with Gasteiger partial charge in [-0.25, -0.2) is 0 Å². The molecule has 0 saturated carbocycles. The molecule has 5 heteroatoms. The number of hydrogen-bond acceptors (Lipinski definition) is 4. The zero-order valence-corrected chi connectivity index (χ0v) is 11.9. The van der Waals surface area contributed by atoms with E-state index in [-0.39, 0.29) is 12.5 Å². The van der Waals surface area contributed by atoms with E-state index in [9.17, 15) is 4.79 Å². The molecule has 0 aromatic carbocycles. The summed E-state index contributed by atoms with van der Waals surface area (Å²) in [4.78, 5) is 11.5. The molecule has 102 valence electrons. The van der Waals surface area contributed by atoms with Gasteiger partial charge >= 0.3 is 5.97 Å². The Morgan fingerprint density at radius 1 is 1.50 bits per heavy atom. The van der Waals surface area contributed by atoms with Crippen LogP contribution in [0.2, 0.25) is 0 Å². The second-order valence-corrected chi connectivity index (χ2v) is 5.32. The Morgan fingerprint density at radius 3 is 2.72 bits per heavy atom. The Labute approximate surface area is 109 Å². The van der Waals surface area contributed by atoms with E-state index >= 15 is 0 Å². The molecule has 1 aromatic rings. The Kier molecular flexibility index (Phi) is 4.90. The highest BCUT2D eigenvalue weighted by Crippen LogP contribution is 2.08. The molecule has 0 aliphatic heterocycles. The summed E-state index contributed by atoms with van der Waals surface area (Å²) >= 11 is 0. The summed E-state index contributed by atoms with van der Waals surface area (Å²) in [5.41, 5.74) is 1.76. The lowest BCUT2D eigenvalue weighted by molar-refractivity contribution is -0.153. The van der Waals surface area contributed by atoms with Crippen molar-refractivity contribution >= 4 is 5.97 Å². The number of esters is 1. The molecule has 1 heterocycles. The van der Waals surface area contributed by atoms with E-state index in [2.05, 4.69) is 17.3 Å². The van der Waals surface area contributed by atoms with Crippen molar-refractivity contribution in [3.8, 4) is 0 Å². The predicted molar refractivity (Wildman–Crippen MR) is 70.1 cm³/mol. The molecule has 0 unspecified atom stereocenters. The molecule has 0 fully saturated rings. The number of nitrogens with zero attached hydrogens (tertiary/aromatic N) is 2. The topological polar surface area (TPSA) is 56.2 Å². The maximum Gasteiger partial charge on any atom is 0.320 e. The number of aryl methyl sites for hydroxylation is 2. The summed E-state index contributed by atoms with van der Waals surface area (Å²) < 4.78 is 7.01. The zero-order valence-electron chi connectivity index (χ0n) is 11.9. The van der Waals surface area contributed by atoms with E-state index in [4.69, 9.17) is 4.74 Å². The standard InChI is InChI=1S/C13H23N3O2/c1-6-11-10(9-16(5)15-11)7-14-8-12(17)18-13(2,3)4/h9,14H,6-8H2,1-5H3. The molecule has 0 aliphatic rings. The van der Waals surface area contributed by atoms with E-state index < -0.39 is 5.60 Å². The molecule has 0 spiro atoms. The highest BCUT2D eigenvalue weighted by molar-refractivity contribution is 5.72. The molecule has 0 bridgehead atoms. The summed E-state index contributed by atoms with van der Waals surface area (Å²) in [5.74, 6) is -0.232. The fourth-order valence-corrected chi connectivity index (χ4v) is 1.71. The van der Waals surface area contributed by atoms with Gasteiger partial charge in [0.2, 0.25) is 0 Å². The van der Waals surface area contributed by atoms with Crippen LogP contribution in [0.3, 0.4) is 0 Å². The van der Waals surface area contributed by atoms with Crippen LogP contribution in [0.4, 0.5) is 0 Å². The number of carbonyl (C=O) groups excluding carboxylic acids is 1. The summed E-state index contributed by atoms with van der Waals surface area (Å²) in [6.45, 7) is 8.51. The molecule has 5 nitrogen and oxygen atoms in total.